The molecule has 1 unspecified atom stereocenters. The molecule has 1 aromatic rings. The largest absolute Gasteiger partial charge is 0.544 e. The van der Waals surface area contributed by atoms with Gasteiger partial charge in [0.25, 0.3) is 0 Å². The van der Waals surface area contributed by atoms with Gasteiger partial charge in [0.15, 0.2) is 5.78 Å². The van der Waals surface area contributed by atoms with Crippen molar-refractivity contribution in [3.05, 3.63) is 29.8 Å². The first kappa shape index (κ1) is 16.5. The molecule has 0 aliphatic rings. The van der Waals surface area contributed by atoms with Gasteiger partial charge in [0.1, 0.15) is 11.7 Å². The van der Waals surface area contributed by atoms with Gasteiger partial charge >= 0.3 is 0 Å². The Labute approximate surface area is 122 Å². The Balaban J connectivity index is 2.89. The van der Waals surface area contributed by atoms with Crippen molar-refractivity contribution in [2.45, 2.75) is 45.8 Å². The van der Waals surface area contributed by atoms with E-state index in [1.807, 2.05) is 18.2 Å². The summed E-state index contributed by atoms with van der Waals surface area (Å²) in [7, 11) is -1.86. The van der Waals surface area contributed by atoms with E-state index in [1.165, 1.54) is 0 Å². The van der Waals surface area contributed by atoms with Crippen molar-refractivity contribution in [1.82, 2.24) is 0 Å². The number of hydrogen-bond donors (Lipinski definition) is 0. The van der Waals surface area contributed by atoms with E-state index in [-0.39, 0.29) is 10.8 Å². The minimum atomic E-state index is -1.86. The van der Waals surface area contributed by atoms with E-state index >= 15 is 0 Å². The standard InChI is InChI=1S/C16H23NO2Si/c1-12(11-17)15(18)13-7-9-14(10-8-13)19-20(5,6)16(2,3)4/h7-10,12H,1-6H3. The number of Topliss-reactive ketones (excluding diaryl/α,β-unsaturated/α-hetero) is 1. The minimum Gasteiger partial charge on any atom is -0.544 e. The highest BCUT2D eigenvalue weighted by molar-refractivity contribution is 6.74. The van der Waals surface area contributed by atoms with Crippen LogP contribution in [0.15, 0.2) is 24.3 Å². The van der Waals surface area contributed by atoms with Crippen molar-refractivity contribution in [3.8, 4) is 11.8 Å². The predicted molar refractivity (Wildman–Crippen MR) is 83.4 cm³/mol. The van der Waals surface area contributed by atoms with E-state index in [2.05, 4.69) is 33.9 Å². The van der Waals surface area contributed by atoms with Crippen molar-refractivity contribution >= 4 is 14.1 Å². The summed E-state index contributed by atoms with van der Waals surface area (Å²) in [5.41, 5.74) is 0.557. The summed E-state index contributed by atoms with van der Waals surface area (Å²) < 4.78 is 6.15. The van der Waals surface area contributed by atoms with Crippen LogP contribution >= 0.6 is 0 Å². The third-order valence-electron chi connectivity index (χ3n) is 3.90. The molecule has 1 aromatic carbocycles. The molecule has 0 radical (unpaired) electrons. The van der Waals surface area contributed by atoms with Crippen molar-refractivity contribution in [2.24, 2.45) is 5.92 Å². The average Bonchev–Trinajstić information content (AvgIpc) is 2.36. The van der Waals surface area contributed by atoms with Crippen molar-refractivity contribution < 1.29 is 9.22 Å². The van der Waals surface area contributed by atoms with Gasteiger partial charge in [-0.1, -0.05) is 20.8 Å². The molecule has 3 nitrogen and oxygen atoms in total. The maximum absolute atomic E-state index is 11.9. The van der Waals surface area contributed by atoms with Crippen LogP contribution in [0.1, 0.15) is 38.1 Å². The van der Waals surface area contributed by atoms with Crippen molar-refractivity contribution in [3.63, 3.8) is 0 Å². The molecule has 0 N–H and O–H groups in total. The number of carbonyl (C=O) groups is 1. The lowest BCUT2D eigenvalue weighted by Crippen LogP contribution is -2.43. The maximum atomic E-state index is 11.9. The quantitative estimate of drug-likeness (QED) is 0.609. The van der Waals surface area contributed by atoms with Crippen molar-refractivity contribution in [1.29, 1.82) is 5.26 Å². The molecule has 108 valence electrons. The summed E-state index contributed by atoms with van der Waals surface area (Å²) in [5.74, 6) is 0.0336. The lowest BCUT2D eigenvalue weighted by molar-refractivity contribution is 0.0956. The molecule has 0 aliphatic carbocycles. The van der Waals surface area contributed by atoms with Gasteiger partial charge < -0.3 is 4.43 Å². The smallest absolute Gasteiger partial charge is 0.250 e. The van der Waals surface area contributed by atoms with Crippen LogP contribution in [0.2, 0.25) is 18.1 Å². The molecule has 0 amide bonds. The summed E-state index contributed by atoms with van der Waals surface area (Å²) in [5, 5.41) is 8.91. The monoisotopic (exact) mass is 289 g/mol. The summed E-state index contributed by atoms with van der Waals surface area (Å²) in [6.45, 7) is 12.5. The first-order chi connectivity index (χ1) is 9.08. The molecule has 20 heavy (non-hydrogen) atoms. The highest BCUT2D eigenvalue weighted by Gasteiger charge is 2.38. The van der Waals surface area contributed by atoms with Crippen LogP contribution in [0.3, 0.4) is 0 Å². The normalized spacial score (nSPS) is 13.4. The van der Waals surface area contributed by atoms with Crippen LogP contribution in [0.5, 0.6) is 5.75 Å². The number of hydrogen-bond acceptors (Lipinski definition) is 3. The third-order valence-corrected chi connectivity index (χ3v) is 8.26. The summed E-state index contributed by atoms with van der Waals surface area (Å²) in [6.07, 6.45) is 0. The first-order valence-corrected chi connectivity index (χ1v) is 9.72. The van der Waals surface area contributed by atoms with Crippen molar-refractivity contribution in [2.75, 3.05) is 0 Å². The lowest BCUT2D eigenvalue weighted by Gasteiger charge is -2.36. The van der Waals surface area contributed by atoms with E-state index in [9.17, 15) is 4.79 Å². The minimum absolute atomic E-state index is 0.136. The van der Waals surface area contributed by atoms with E-state index < -0.39 is 14.2 Å². The SMILES string of the molecule is CC(C#N)C(=O)c1ccc(O[Si](C)(C)C(C)(C)C)cc1. The van der Waals surface area contributed by atoms with E-state index in [1.54, 1.807) is 19.1 Å². The molecule has 0 aliphatic heterocycles. The molecule has 0 heterocycles. The number of ketones is 1. The molecular formula is C16H23NO2Si. The Bertz CT molecular complexity index is 521. The summed E-state index contributed by atoms with van der Waals surface area (Å²) >= 11 is 0. The number of nitriles is 1. The highest BCUT2D eigenvalue weighted by atomic mass is 28.4. The molecule has 0 fully saturated rings. The molecule has 0 spiro atoms. The fraction of sp³-hybridized carbons (Fsp3) is 0.500. The fourth-order valence-corrected chi connectivity index (χ4v) is 2.48. The Hall–Kier alpha value is -1.60. The molecule has 4 heteroatoms. The van der Waals surface area contributed by atoms with Gasteiger partial charge in [-0.2, -0.15) is 5.26 Å². The first-order valence-electron chi connectivity index (χ1n) is 6.81. The van der Waals surface area contributed by atoms with Gasteiger partial charge in [0.2, 0.25) is 8.32 Å². The van der Waals surface area contributed by atoms with Gasteiger partial charge in [0, 0.05) is 5.56 Å². The lowest BCUT2D eigenvalue weighted by atomic mass is 10.0. The number of nitrogens with zero attached hydrogens (tertiary/aromatic N) is 1. The predicted octanol–water partition coefficient (Wildman–Crippen LogP) is 4.41. The summed E-state index contributed by atoms with van der Waals surface area (Å²) in [4.78, 5) is 11.9. The molecule has 0 bridgehead atoms. The molecule has 0 aromatic heterocycles. The Morgan fingerprint density at radius 2 is 1.75 bits per heavy atom. The van der Waals surface area contributed by atoms with Gasteiger partial charge in [-0.3, -0.25) is 4.79 Å². The van der Waals surface area contributed by atoms with Gasteiger partial charge in [0.05, 0.1) is 6.07 Å². The molecule has 0 saturated carbocycles. The topological polar surface area (TPSA) is 50.1 Å². The van der Waals surface area contributed by atoms with Crippen LogP contribution in [-0.2, 0) is 0 Å². The zero-order chi connectivity index (χ0) is 15.6. The molecule has 1 atom stereocenters. The van der Waals surface area contributed by atoms with Crippen LogP contribution in [0, 0.1) is 17.2 Å². The molecular weight excluding hydrogens is 266 g/mol. The Morgan fingerprint density at radius 3 is 2.15 bits per heavy atom. The van der Waals surface area contributed by atoms with E-state index in [0.29, 0.717) is 5.56 Å². The van der Waals surface area contributed by atoms with E-state index in [0.717, 1.165) is 5.75 Å². The van der Waals surface area contributed by atoms with Gasteiger partial charge in [-0.05, 0) is 49.3 Å². The number of carbonyl (C=O) groups excluding carboxylic acids is 1. The zero-order valence-corrected chi connectivity index (χ0v) is 14.2. The van der Waals surface area contributed by atoms with Crippen LogP contribution < -0.4 is 4.43 Å². The molecule has 1 rings (SSSR count). The second kappa shape index (κ2) is 5.80. The van der Waals surface area contributed by atoms with E-state index in [4.69, 9.17) is 9.69 Å². The van der Waals surface area contributed by atoms with Crippen LogP contribution in [0.4, 0.5) is 0 Å². The second-order valence-corrected chi connectivity index (χ2v) is 11.3. The van der Waals surface area contributed by atoms with Crippen LogP contribution in [-0.4, -0.2) is 14.1 Å². The van der Waals surface area contributed by atoms with Crippen LogP contribution in [0.25, 0.3) is 0 Å². The fourth-order valence-electron chi connectivity index (χ4n) is 1.44. The highest BCUT2D eigenvalue weighted by Crippen LogP contribution is 2.37. The van der Waals surface area contributed by atoms with Gasteiger partial charge in [-0.15, -0.1) is 0 Å². The Morgan fingerprint density at radius 1 is 1.25 bits per heavy atom. The molecule has 0 saturated heterocycles. The Kier molecular flexibility index (Phi) is 4.77. The zero-order valence-electron chi connectivity index (χ0n) is 13.2. The second-order valence-electron chi connectivity index (χ2n) is 6.60. The number of rotatable bonds is 4. The van der Waals surface area contributed by atoms with Gasteiger partial charge in [-0.25, -0.2) is 0 Å². The summed E-state index contributed by atoms with van der Waals surface area (Å²) in [6, 6.07) is 9.07. The number of benzene rings is 1. The third kappa shape index (κ3) is 3.70. The average molecular weight is 289 g/mol. The maximum Gasteiger partial charge on any atom is 0.250 e.